The Morgan fingerprint density at radius 1 is 1.33 bits per heavy atom. The number of carbonyl (C=O) groups excluding carboxylic acids is 1. The molecule has 1 heterocycles. The van der Waals surface area contributed by atoms with E-state index in [1.807, 2.05) is 0 Å². The van der Waals surface area contributed by atoms with Crippen molar-refractivity contribution in [2.45, 2.75) is 0 Å². The maximum atomic E-state index is 12.6. The number of hydrogen-bond donors (Lipinski definition) is 2. The molecule has 0 radical (unpaired) electrons. The Morgan fingerprint density at radius 2 is 2.11 bits per heavy atom. The highest BCUT2D eigenvalue weighted by Gasteiger charge is 2.10. The number of rotatable bonds is 2. The first kappa shape index (κ1) is 12.5. The number of halogens is 2. The van der Waals surface area contributed by atoms with Crippen LogP contribution in [0.1, 0.15) is 10.4 Å². The highest BCUT2D eigenvalue weighted by atomic mass is 79.9. The first-order valence-electron chi connectivity index (χ1n) is 5.04. The average molecular weight is 310 g/mol. The molecule has 2 rings (SSSR count). The average Bonchev–Trinajstić information content (AvgIpc) is 2.32. The summed E-state index contributed by atoms with van der Waals surface area (Å²) < 4.78 is 13.4. The zero-order valence-electron chi connectivity index (χ0n) is 9.15. The predicted octanol–water partition coefficient (Wildman–Crippen LogP) is 2.82. The molecule has 0 unspecified atom stereocenters. The number of nitrogen functional groups attached to an aromatic ring is 1. The van der Waals surface area contributed by atoms with Gasteiger partial charge in [0.1, 0.15) is 0 Å². The zero-order chi connectivity index (χ0) is 13.1. The Balaban J connectivity index is 2.19. The van der Waals surface area contributed by atoms with Gasteiger partial charge in [-0.15, -0.1) is 0 Å². The van der Waals surface area contributed by atoms with Gasteiger partial charge in [0.2, 0.25) is 5.95 Å². The number of aromatic nitrogens is 1. The normalized spacial score (nSPS) is 10.1. The van der Waals surface area contributed by atoms with Gasteiger partial charge in [0.25, 0.3) is 5.91 Å². The summed E-state index contributed by atoms with van der Waals surface area (Å²) in [4.78, 5) is 15.3. The van der Waals surface area contributed by atoms with Gasteiger partial charge >= 0.3 is 0 Å². The van der Waals surface area contributed by atoms with E-state index in [9.17, 15) is 9.18 Å². The second kappa shape index (κ2) is 5.14. The lowest BCUT2D eigenvalue weighted by atomic mass is 10.1. The summed E-state index contributed by atoms with van der Waals surface area (Å²) in [7, 11) is 0. The Kier molecular flexibility index (Phi) is 3.57. The van der Waals surface area contributed by atoms with Gasteiger partial charge in [-0.25, -0.2) is 4.98 Å². The smallest absolute Gasteiger partial charge is 0.257 e. The third kappa shape index (κ3) is 2.84. The van der Waals surface area contributed by atoms with Crippen LogP contribution in [0.15, 0.2) is 41.0 Å². The summed E-state index contributed by atoms with van der Waals surface area (Å²) in [6.45, 7) is 0. The molecule has 0 fully saturated rings. The minimum Gasteiger partial charge on any atom is -0.398 e. The standard InChI is InChI=1S/C12H9BrFN3O/c13-7-1-3-9(10(15)5-7)12(18)17-8-2-4-11(14)16-6-8/h1-6H,15H2,(H,17,18). The minimum absolute atomic E-state index is 0.350. The Labute approximate surface area is 111 Å². The van der Waals surface area contributed by atoms with E-state index in [0.717, 1.165) is 4.47 Å². The Hall–Kier alpha value is -1.95. The molecule has 1 aromatic heterocycles. The molecule has 2 aromatic rings. The third-order valence-corrected chi connectivity index (χ3v) is 2.74. The van der Waals surface area contributed by atoms with Gasteiger partial charge in [-0.1, -0.05) is 15.9 Å². The van der Waals surface area contributed by atoms with Crippen LogP contribution in [-0.4, -0.2) is 10.9 Å². The SMILES string of the molecule is Nc1cc(Br)ccc1C(=O)Nc1ccc(F)nc1. The second-order valence-electron chi connectivity index (χ2n) is 3.56. The van der Waals surface area contributed by atoms with Gasteiger partial charge in [-0.2, -0.15) is 4.39 Å². The van der Waals surface area contributed by atoms with Crippen LogP contribution in [-0.2, 0) is 0 Å². The van der Waals surface area contributed by atoms with Gasteiger partial charge < -0.3 is 11.1 Å². The van der Waals surface area contributed by atoms with Crippen molar-refractivity contribution in [1.29, 1.82) is 0 Å². The number of nitrogens with two attached hydrogens (primary N) is 1. The summed E-state index contributed by atoms with van der Waals surface area (Å²) in [5.74, 6) is -0.968. The van der Waals surface area contributed by atoms with Crippen molar-refractivity contribution in [2.75, 3.05) is 11.1 Å². The minimum atomic E-state index is -0.601. The molecule has 0 spiro atoms. The van der Waals surface area contributed by atoms with E-state index < -0.39 is 5.95 Å². The number of pyridine rings is 1. The van der Waals surface area contributed by atoms with Gasteiger partial charge in [-0.3, -0.25) is 4.79 Å². The van der Waals surface area contributed by atoms with E-state index in [1.54, 1.807) is 18.2 Å². The molecule has 4 nitrogen and oxygen atoms in total. The van der Waals surface area contributed by atoms with E-state index in [0.29, 0.717) is 16.9 Å². The third-order valence-electron chi connectivity index (χ3n) is 2.24. The number of amides is 1. The summed E-state index contributed by atoms with van der Waals surface area (Å²) in [5.41, 5.74) is 6.85. The van der Waals surface area contributed by atoms with Crippen LogP contribution >= 0.6 is 15.9 Å². The molecular weight excluding hydrogens is 301 g/mol. The highest BCUT2D eigenvalue weighted by Crippen LogP contribution is 2.19. The van der Waals surface area contributed by atoms with Gasteiger partial charge in [0.15, 0.2) is 0 Å². The molecule has 0 aliphatic carbocycles. The van der Waals surface area contributed by atoms with Crippen LogP contribution in [0.3, 0.4) is 0 Å². The number of anilines is 2. The number of carbonyl (C=O) groups is 1. The Bertz CT molecular complexity index is 586. The maximum absolute atomic E-state index is 12.6. The highest BCUT2D eigenvalue weighted by molar-refractivity contribution is 9.10. The van der Waals surface area contributed by atoms with E-state index in [1.165, 1.54) is 18.3 Å². The van der Waals surface area contributed by atoms with Crippen molar-refractivity contribution in [1.82, 2.24) is 4.98 Å². The quantitative estimate of drug-likeness (QED) is 0.662. The fourth-order valence-corrected chi connectivity index (χ4v) is 1.77. The largest absolute Gasteiger partial charge is 0.398 e. The summed E-state index contributed by atoms with van der Waals surface area (Å²) in [6.07, 6.45) is 1.24. The van der Waals surface area contributed by atoms with Crippen molar-refractivity contribution >= 4 is 33.2 Å². The first-order valence-corrected chi connectivity index (χ1v) is 5.83. The maximum Gasteiger partial charge on any atom is 0.257 e. The molecule has 0 atom stereocenters. The van der Waals surface area contributed by atoms with Crippen molar-refractivity contribution in [2.24, 2.45) is 0 Å². The number of hydrogen-bond acceptors (Lipinski definition) is 3. The fraction of sp³-hybridized carbons (Fsp3) is 0. The van der Waals surface area contributed by atoms with Crippen LogP contribution in [0.4, 0.5) is 15.8 Å². The van der Waals surface area contributed by atoms with Gasteiger partial charge in [-0.05, 0) is 30.3 Å². The monoisotopic (exact) mass is 309 g/mol. The number of nitrogens with one attached hydrogen (secondary N) is 1. The molecule has 1 aromatic carbocycles. The lowest BCUT2D eigenvalue weighted by molar-refractivity contribution is 0.102. The zero-order valence-corrected chi connectivity index (χ0v) is 10.7. The van der Waals surface area contributed by atoms with Crippen molar-refractivity contribution in [3.63, 3.8) is 0 Å². The van der Waals surface area contributed by atoms with E-state index in [-0.39, 0.29) is 5.91 Å². The molecule has 3 N–H and O–H groups in total. The summed E-state index contributed by atoms with van der Waals surface area (Å²) >= 11 is 3.26. The second-order valence-corrected chi connectivity index (χ2v) is 4.47. The fourth-order valence-electron chi connectivity index (χ4n) is 1.39. The van der Waals surface area contributed by atoms with Crippen LogP contribution < -0.4 is 11.1 Å². The molecule has 0 aliphatic heterocycles. The molecule has 1 amide bonds. The number of nitrogens with zero attached hydrogens (tertiary/aromatic N) is 1. The van der Waals surface area contributed by atoms with Crippen molar-refractivity contribution < 1.29 is 9.18 Å². The topological polar surface area (TPSA) is 68.0 Å². The van der Waals surface area contributed by atoms with Crippen LogP contribution in [0.25, 0.3) is 0 Å². The first-order chi connectivity index (χ1) is 8.56. The molecule has 6 heteroatoms. The molecule has 92 valence electrons. The van der Waals surface area contributed by atoms with Crippen molar-refractivity contribution in [3.8, 4) is 0 Å². The van der Waals surface area contributed by atoms with Crippen LogP contribution in [0.2, 0.25) is 0 Å². The summed E-state index contributed by atoms with van der Waals surface area (Å²) in [5, 5.41) is 2.58. The lowest BCUT2D eigenvalue weighted by Crippen LogP contribution is -2.14. The van der Waals surface area contributed by atoms with E-state index in [2.05, 4.69) is 26.2 Å². The van der Waals surface area contributed by atoms with E-state index >= 15 is 0 Å². The molecule has 0 saturated carbocycles. The molecule has 18 heavy (non-hydrogen) atoms. The molecule has 0 bridgehead atoms. The summed E-state index contributed by atoms with van der Waals surface area (Å²) in [6, 6.07) is 7.55. The Morgan fingerprint density at radius 3 is 2.72 bits per heavy atom. The molecule has 0 saturated heterocycles. The van der Waals surface area contributed by atoms with Crippen LogP contribution in [0, 0.1) is 5.95 Å². The van der Waals surface area contributed by atoms with Gasteiger partial charge in [0.05, 0.1) is 17.4 Å². The van der Waals surface area contributed by atoms with Crippen LogP contribution in [0.5, 0.6) is 0 Å². The van der Waals surface area contributed by atoms with E-state index in [4.69, 9.17) is 5.73 Å². The predicted molar refractivity (Wildman–Crippen MR) is 70.7 cm³/mol. The molecule has 0 aliphatic rings. The lowest BCUT2D eigenvalue weighted by Gasteiger charge is -2.07. The number of benzene rings is 1. The molecular formula is C12H9BrFN3O. The van der Waals surface area contributed by atoms with Gasteiger partial charge in [0, 0.05) is 10.2 Å². The van der Waals surface area contributed by atoms with Crippen molar-refractivity contribution in [3.05, 3.63) is 52.5 Å².